The zero-order chi connectivity index (χ0) is 13.8. The van der Waals surface area contributed by atoms with Crippen LogP contribution in [0.1, 0.15) is 30.2 Å². The molecule has 0 atom stereocenters. The Morgan fingerprint density at radius 1 is 1.32 bits per heavy atom. The molecule has 0 radical (unpaired) electrons. The Morgan fingerprint density at radius 2 is 2.11 bits per heavy atom. The van der Waals surface area contributed by atoms with E-state index in [4.69, 9.17) is 4.74 Å². The van der Waals surface area contributed by atoms with Crippen molar-refractivity contribution >= 4 is 11.3 Å². The highest BCUT2D eigenvalue weighted by Crippen LogP contribution is 2.20. The smallest absolute Gasteiger partial charge is 0.234 e. The van der Waals surface area contributed by atoms with Crippen molar-refractivity contribution in [1.82, 2.24) is 25.2 Å². The molecule has 104 valence electrons. The van der Waals surface area contributed by atoms with Crippen LogP contribution in [0.3, 0.4) is 0 Å². The molecule has 2 aromatic heterocycles. The lowest BCUT2D eigenvalue weighted by Crippen LogP contribution is -2.07. The number of ether oxygens (including phenoxy) is 1. The second kappa shape index (κ2) is 6.18. The number of nitrogens with zero attached hydrogens (tertiary/aromatic N) is 5. The van der Waals surface area contributed by atoms with Gasteiger partial charge in [0.2, 0.25) is 5.13 Å². The highest BCUT2D eigenvalue weighted by Gasteiger charge is 2.17. The summed E-state index contributed by atoms with van der Waals surface area (Å²) in [7, 11) is 1.62. The fraction of sp³-hybridized carbons (Fsp3) is 0.636. The van der Waals surface area contributed by atoms with Crippen molar-refractivity contribution in [2.45, 2.75) is 33.5 Å². The Morgan fingerprint density at radius 3 is 2.74 bits per heavy atom. The van der Waals surface area contributed by atoms with Gasteiger partial charge in [0.05, 0.1) is 12.3 Å². The Bertz CT molecular complexity index is 537. The van der Waals surface area contributed by atoms with Crippen LogP contribution in [0.15, 0.2) is 0 Å². The van der Waals surface area contributed by atoms with E-state index in [0.717, 1.165) is 17.1 Å². The van der Waals surface area contributed by atoms with Crippen LogP contribution in [0.2, 0.25) is 0 Å². The molecular formula is C11H17N5O2S. The van der Waals surface area contributed by atoms with Gasteiger partial charge in [0, 0.05) is 7.11 Å². The van der Waals surface area contributed by atoms with Gasteiger partial charge in [-0.05, 0) is 12.3 Å². The summed E-state index contributed by atoms with van der Waals surface area (Å²) >= 11 is 1.41. The maximum atomic E-state index is 9.31. The number of rotatable bonds is 6. The first-order chi connectivity index (χ1) is 9.15. The Balaban J connectivity index is 2.34. The molecule has 1 N–H and O–H groups in total. The van der Waals surface area contributed by atoms with E-state index in [-0.39, 0.29) is 6.61 Å². The number of aliphatic hydroxyl groups excluding tert-OH is 1. The molecule has 2 aromatic rings. The molecule has 7 nitrogen and oxygen atoms in total. The SMILES string of the molecule is COCc1nnc(-n2nnc(CO)c2CC(C)C)s1. The van der Waals surface area contributed by atoms with Crippen molar-refractivity contribution in [1.29, 1.82) is 0 Å². The van der Waals surface area contributed by atoms with E-state index in [0.29, 0.717) is 23.4 Å². The highest BCUT2D eigenvalue weighted by atomic mass is 32.1. The third kappa shape index (κ3) is 3.14. The standard InChI is InChI=1S/C11H17N5O2S/c1-7(2)4-9-8(5-17)12-15-16(9)11-14-13-10(19-11)6-18-3/h7,17H,4-6H2,1-3H3. The van der Waals surface area contributed by atoms with Gasteiger partial charge in [-0.15, -0.1) is 15.3 Å². The molecular weight excluding hydrogens is 266 g/mol. The van der Waals surface area contributed by atoms with Gasteiger partial charge in [0.1, 0.15) is 17.3 Å². The third-order valence-electron chi connectivity index (χ3n) is 2.50. The molecule has 19 heavy (non-hydrogen) atoms. The van der Waals surface area contributed by atoms with E-state index < -0.39 is 0 Å². The van der Waals surface area contributed by atoms with Gasteiger partial charge in [-0.3, -0.25) is 0 Å². The van der Waals surface area contributed by atoms with Crippen molar-refractivity contribution in [2.24, 2.45) is 5.92 Å². The average Bonchev–Trinajstić information content (AvgIpc) is 2.95. The predicted octanol–water partition coefficient (Wildman–Crippen LogP) is 0.956. The van der Waals surface area contributed by atoms with Crippen LogP contribution < -0.4 is 0 Å². The third-order valence-corrected chi connectivity index (χ3v) is 3.37. The van der Waals surface area contributed by atoms with E-state index in [1.54, 1.807) is 11.8 Å². The van der Waals surface area contributed by atoms with Gasteiger partial charge >= 0.3 is 0 Å². The summed E-state index contributed by atoms with van der Waals surface area (Å²) in [6, 6.07) is 0. The summed E-state index contributed by atoms with van der Waals surface area (Å²) in [4.78, 5) is 0. The molecule has 0 bridgehead atoms. The van der Waals surface area contributed by atoms with E-state index >= 15 is 0 Å². The quantitative estimate of drug-likeness (QED) is 0.849. The Hall–Kier alpha value is -1.38. The van der Waals surface area contributed by atoms with E-state index in [2.05, 4.69) is 34.4 Å². The monoisotopic (exact) mass is 283 g/mol. The zero-order valence-corrected chi connectivity index (χ0v) is 12.0. The van der Waals surface area contributed by atoms with Crippen molar-refractivity contribution in [2.75, 3.05) is 7.11 Å². The number of aromatic nitrogens is 5. The molecule has 0 fully saturated rings. The molecule has 0 saturated heterocycles. The van der Waals surface area contributed by atoms with Gasteiger partial charge in [0.25, 0.3) is 0 Å². The van der Waals surface area contributed by atoms with Crippen LogP contribution in [0.5, 0.6) is 0 Å². The van der Waals surface area contributed by atoms with Gasteiger partial charge in [0.15, 0.2) is 0 Å². The number of hydrogen-bond donors (Lipinski definition) is 1. The van der Waals surface area contributed by atoms with Gasteiger partial charge in [-0.1, -0.05) is 30.4 Å². The second-order valence-corrected chi connectivity index (χ2v) is 5.60. The summed E-state index contributed by atoms with van der Waals surface area (Å²) in [5, 5.41) is 26.9. The Labute approximate surface area is 115 Å². The lowest BCUT2D eigenvalue weighted by molar-refractivity contribution is 0.184. The number of methoxy groups -OCH3 is 1. The second-order valence-electron chi connectivity index (χ2n) is 4.56. The van der Waals surface area contributed by atoms with Crippen LogP contribution in [0.4, 0.5) is 0 Å². The molecule has 2 heterocycles. The first-order valence-electron chi connectivity index (χ1n) is 6.01. The maximum absolute atomic E-state index is 9.31. The molecule has 0 aliphatic rings. The van der Waals surface area contributed by atoms with Gasteiger partial charge in [-0.25, -0.2) is 0 Å². The average molecular weight is 283 g/mol. The van der Waals surface area contributed by atoms with E-state index in [1.807, 2.05) is 0 Å². The van der Waals surface area contributed by atoms with Crippen molar-refractivity contribution < 1.29 is 9.84 Å². The summed E-state index contributed by atoms with van der Waals surface area (Å²) in [5.41, 5.74) is 1.48. The van der Waals surface area contributed by atoms with Crippen molar-refractivity contribution in [3.05, 3.63) is 16.4 Å². The van der Waals surface area contributed by atoms with Crippen molar-refractivity contribution in [3.63, 3.8) is 0 Å². The maximum Gasteiger partial charge on any atom is 0.234 e. The minimum Gasteiger partial charge on any atom is -0.390 e. The minimum absolute atomic E-state index is 0.119. The minimum atomic E-state index is -0.119. The number of aliphatic hydroxyl groups is 1. The summed E-state index contributed by atoms with van der Waals surface area (Å²) in [6.45, 7) is 4.52. The van der Waals surface area contributed by atoms with Crippen LogP contribution in [0, 0.1) is 5.92 Å². The molecule has 0 spiro atoms. The van der Waals surface area contributed by atoms with Crippen LogP contribution in [-0.2, 0) is 24.4 Å². The number of hydrogen-bond acceptors (Lipinski definition) is 7. The molecule has 0 aliphatic heterocycles. The molecule has 0 amide bonds. The molecule has 0 aliphatic carbocycles. The van der Waals surface area contributed by atoms with Gasteiger partial charge < -0.3 is 9.84 Å². The summed E-state index contributed by atoms with van der Waals surface area (Å²) < 4.78 is 6.68. The normalized spacial score (nSPS) is 11.4. The van der Waals surface area contributed by atoms with Crippen LogP contribution >= 0.6 is 11.3 Å². The fourth-order valence-corrected chi connectivity index (χ4v) is 2.50. The largest absolute Gasteiger partial charge is 0.390 e. The molecule has 0 unspecified atom stereocenters. The lowest BCUT2D eigenvalue weighted by atomic mass is 10.1. The highest BCUT2D eigenvalue weighted by molar-refractivity contribution is 7.13. The summed E-state index contributed by atoms with van der Waals surface area (Å²) in [5.74, 6) is 0.439. The van der Waals surface area contributed by atoms with Crippen molar-refractivity contribution in [3.8, 4) is 5.13 Å². The van der Waals surface area contributed by atoms with Gasteiger partial charge in [-0.2, -0.15) is 4.68 Å². The van der Waals surface area contributed by atoms with E-state index in [1.165, 1.54) is 11.3 Å². The van der Waals surface area contributed by atoms with Crippen LogP contribution in [-0.4, -0.2) is 37.4 Å². The first-order valence-corrected chi connectivity index (χ1v) is 6.83. The molecule has 0 aromatic carbocycles. The molecule has 0 saturated carbocycles. The topological polar surface area (TPSA) is 86.0 Å². The first kappa shape index (κ1) is 14.0. The fourth-order valence-electron chi connectivity index (χ4n) is 1.71. The lowest BCUT2D eigenvalue weighted by Gasteiger charge is -2.06. The molecule has 8 heteroatoms. The zero-order valence-electron chi connectivity index (χ0n) is 11.2. The van der Waals surface area contributed by atoms with Crippen LogP contribution in [0.25, 0.3) is 5.13 Å². The predicted molar refractivity (Wildman–Crippen MR) is 70.0 cm³/mol. The van der Waals surface area contributed by atoms with E-state index in [9.17, 15) is 5.11 Å². The Kier molecular flexibility index (Phi) is 4.56. The summed E-state index contributed by atoms with van der Waals surface area (Å²) in [6.07, 6.45) is 0.780. The molecule has 2 rings (SSSR count).